The number of nitrogen functional groups attached to an aromatic ring is 1. The molecular formula is C14H16ClN3O. The summed E-state index contributed by atoms with van der Waals surface area (Å²) in [6.45, 7) is 6.30. The van der Waals surface area contributed by atoms with Crippen LogP contribution >= 0.6 is 11.6 Å². The lowest BCUT2D eigenvalue weighted by Gasteiger charge is -2.11. The molecule has 2 aromatic rings. The van der Waals surface area contributed by atoms with Crippen molar-refractivity contribution in [2.24, 2.45) is 0 Å². The van der Waals surface area contributed by atoms with Gasteiger partial charge in [0.1, 0.15) is 17.4 Å². The number of hydrogen-bond acceptors (Lipinski definition) is 4. The maximum absolute atomic E-state index is 6.21. The first-order chi connectivity index (χ1) is 9.01. The summed E-state index contributed by atoms with van der Waals surface area (Å²) in [5.74, 6) is 1.77. The zero-order valence-electron chi connectivity index (χ0n) is 11.2. The summed E-state index contributed by atoms with van der Waals surface area (Å²) < 4.78 is 5.47. The number of halogens is 1. The van der Waals surface area contributed by atoms with E-state index < -0.39 is 0 Å². The van der Waals surface area contributed by atoms with E-state index in [1.54, 1.807) is 6.07 Å². The molecule has 2 rings (SSSR count). The van der Waals surface area contributed by atoms with Crippen LogP contribution in [0.5, 0.6) is 5.75 Å². The molecule has 1 heterocycles. The molecular weight excluding hydrogens is 262 g/mol. The summed E-state index contributed by atoms with van der Waals surface area (Å²) in [4.78, 5) is 8.46. The Morgan fingerprint density at radius 2 is 1.95 bits per heavy atom. The second kappa shape index (κ2) is 5.45. The van der Waals surface area contributed by atoms with Gasteiger partial charge in [0.05, 0.1) is 17.3 Å². The van der Waals surface area contributed by atoms with E-state index in [4.69, 9.17) is 22.1 Å². The zero-order valence-corrected chi connectivity index (χ0v) is 12.0. The standard InChI is InChI=1S/C14H16ClN3O/c1-4-19-13-5-8(2)10(6-11(13)15)12-7-14(16)18-9(3)17-12/h5-7H,4H2,1-3H3,(H2,16,17,18). The van der Waals surface area contributed by atoms with E-state index in [0.29, 0.717) is 29.0 Å². The van der Waals surface area contributed by atoms with Gasteiger partial charge in [-0.25, -0.2) is 9.97 Å². The number of nitrogens with zero attached hydrogens (tertiary/aromatic N) is 2. The Hall–Kier alpha value is -1.81. The predicted molar refractivity (Wildman–Crippen MR) is 77.5 cm³/mol. The van der Waals surface area contributed by atoms with E-state index in [-0.39, 0.29) is 0 Å². The maximum Gasteiger partial charge on any atom is 0.138 e. The van der Waals surface area contributed by atoms with Gasteiger partial charge in [0.15, 0.2) is 0 Å². The van der Waals surface area contributed by atoms with Crippen LogP contribution in [0.3, 0.4) is 0 Å². The molecule has 1 aromatic heterocycles. The molecule has 100 valence electrons. The number of nitrogens with two attached hydrogens (primary N) is 1. The van der Waals surface area contributed by atoms with Crippen LogP contribution in [-0.2, 0) is 0 Å². The van der Waals surface area contributed by atoms with Crippen molar-refractivity contribution in [1.82, 2.24) is 9.97 Å². The number of hydrogen-bond donors (Lipinski definition) is 1. The van der Waals surface area contributed by atoms with Gasteiger partial charge in [0.2, 0.25) is 0 Å². The average molecular weight is 278 g/mol. The third-order valence-corrected chi connectivity index (χ3v) is 3.01. The zero-order chi connectivity index (χ0) is 14.0. The van der Waals surface area contributed by atoms with Crippen molar-refractivity contribution in [3.8, 4) is 17.0 Å². The quantitative estimate of drug-likeness (QED) is 0.934. The van der Waals surface area contributed by atoms with Crippen LogP contribution < -0.4 is 10.5 Å². The highest BCUT2D eigenvalue weighted by atomic mass is 35.5. The number of anilines is 1. The van der Waals surface area contributed by atoms with E-state index in [1.165, 1.54) is 0 Å². The molecule has 0 spiro atoms. The first-order valence-corrected chi connectivity index (χ1v) is 6.43. The van der Waals surface area contributed by atoms with Gasteiger partial charge in [-0.15, -0.1) is 0 Å². The number of rotatable bonds is 3. The monoisotopic (exact) mass is 277 g/mol. The second-order valence-corrected chi connectivity index (χ2v) is 4.66. The van der Waals surface area contributed by atoms with E-state index >= 15 is 0 Å². The smallest absolute Gasteiger partial charge is 0.138 e. The molecule has 0 aliphatic rings. The molecule has 4 nitrogen and oxygen atoms in total. The van der Waals surface area contributed by atoms with Crippen molar-refractivity contribution in [2.75, 3.05) is 12.3 Å². The van der Waals surface area contributed by atoms with Gasteiger partial charge in [-0.3, -0.25) is 0 Å². The molecule has 0 atom stereocenters. The van der Waals surface area contributed by atoms with Gasteiger partial charge < -0.3 is 10.5 Å². The Balaban J connectivity index is 2.53. The average Bonchev–Trinajstić information content (AvgIpc) is 2.32. The van der Waals surface area contributed by atoms with Gasteiger partial charge in [-0.2, -0.15) is 0 Å². The third-order valence-electron chi connectivity index (χ3n) is 2.71. The Morgan fingerprint density at radius 3 is 2.58 bits per heavy atom. The highest BCUT2D eigenvalue weighted by Crippen LogP contribution is 2.33. The lowest BCUT2D eigenvalue weighted by molar-refractivity contribution is 0.340. The Labute approximate surface area is 117 Å². The van der Waals surface area contributed by atoms with Crippen LogP contribution in [0.15, 0.2) is 18.2 Å². The van der Waals surface area contributed by atoms with Crippen molar-refractivity contribution in [2.45, 2.75) is 20.8 Å². The van der Waals surface area contributed by atoms with E-state index in [2.05, 4.69) is 9.97 Å². The number of aromatic nitrogens is 2. The molecule has 0 aliphatic carbocycles. The molecule has 0 saturated heterocycles. The van der Waals surface area contributed by atoms with E-state index in [1.807, 2.05) is 32.9 Å². The third kappa shape index (κ3) is 2.96. The SMILES string of the molecule is CCOc1cc(C)c(-c2cc(N)nc(C)n2)cc1Cl. The number of aryl methyl sites for hydroxylation is 2. The van der Waals surface area contributed by atoms with Crippen LogP contribution in [0, 0.1) is 13.8 Å². The molecule has 0 unspecified atom stereocenters. The van der Waals surface area contributed by atoms with Crippen molar-refractivity contribution in [1.29, 1.82) is 0 Å². The van der Waals surface area contributed by atoms with Gasteiger partial charge >= 0.3 is 0 Å². The van der Waals surface area contributed by atoms with Crippen LogP contribution in [0.2, 0.25) is 5.02 Å². The fourth-order valence-electron chi connectivity index (χ4n) is 1.93. The number of ether oxygens (including phenoxy) is 1. The number of benzene rings is 1. The van der Waals surface area contributed by atoms with Gasteiger partial charge in [-0.05, 0) is 38.5 Å². The Bertz CT molecular complexity index is 594. The second-order valence-electron chi connectivity index (χ2n) is 4.26. The summed E-state index contributed by atoms with van der Waals surface area (Å²) in [7, 11) is 0. The fourth-order valence-corrected chi connectivity index (χ4v) is 2.14. The van der Waals surface area contributed by atoms with Crippen molar-refractivity contribution >= 4 is 17.4 Å². The van der Waals surface area contributed by atoms with Crippen LogP contribution in [0.25, 0.3) is 11.3 Å². The molecule has 0 saturated carbocycles. The summed E-state index contributed by atoms with van der Waals surface area (Å²) in [5.41, 5.74) is 8.49. The highest BCUT2D eigenvalue weighted by Gasteiger charge is 2.11. The summed E-state index contributed by atoms with van der Waals surface area (Å²) in [6, 6.07) is 5.50. The molecule has 1 aromatic carbocycles. The van der Waals surface area contributed by atoms with E-state index in [9.17, 15) is 0 Å². The molecule has 2 N–H and O–H groups in total. The minimum atomic E-state index is 0.451. The minimum Gasteiger partial charge on any atom is -0.492 e. The first kappa shape index (κ1) is 13.6. The van der Waals surface area contributed by atoms with E-state index in [0.717, 1.165) is 16.8 Å². The van der Waals surface area contributed by atoms with Gasteiger partial charge in [0.25, 0.3) is 0 Å². The minimum absolute atomic E-state index is 0.451. The predicted octanol–water partition coefficient (Wildman–Crippen LogP) is 3.39. The molecule has 0 aliphatic heterocycles. The Kier molecular flexibility index (Phi) is 3.90. The molecule has 0 radical (unpaired) electrons. The topological polar surface area (TPSA) is 61.0 Å². The Morgan fingerprint density at radius 1 is 1.21 bits per heavy atom. The lowest BCUT2D eigenvalue weighted by atomic mass is 10.0. The summed E-state index contributed by atoms with van der Waals surface area (Å²) >= 11 is 6.21. The van der Waals surface area contributed by atoms with Gasteiger partial charge in [0, 0.05) is 11.6 Å². The molecule has 0 amide bonds. The summed E-state index contributed by atoms with van der Waals surface area (Å²) in [6.07, 6.45) is 0. The molecule has 5 heteroatoms. The van der Waals surface area contributed by atoms with Crippen molar-refractivity contribution in [3.63, 3.8) is 0 Å². The summed E-state index contributed by atoms with van der Waals surface area (Å²) in [5, 5.41) is 0.567. The first-order valence-electron chi connectivity index (χ1n) is 6.05. The lowest BCUT2D eigenvalue weighted by Crippen LogP contribution is -1.99. The van der Waals surface area contributed by atoms with Crippen molar-refractivity contribution < 1.29 is 4.74 Å². The fraction of sp³-hybridized carbons (Fsp3) is 0.286. The van der Waals surface area contributed by atoms with Crippen LogP contribution in [0.1, 0.15) is 18.3 Å². The van der Waals surface area contributed by atoms with Crippen molar-refractivity contribution in [3.05, 3.63) is 34.6 Å². The highest BCUT2D eigenvalue weighted by molar-refractivity contribution is 6.32. The normalized spacial score (nSPS) is 10.5. The molecule has 0 bridgehead atoms. The molecule has 19 heavy (non-hydrogen) atoms. The maximum atomic E-state index is 6.21. The molecule has 0 fully saturated rings. The van der Waals surface area contributed by atoms with Gasteiger partial charge in [-0.1, -0.05) is 11.6 Å². The largest absolute Gasteiger partial charge is 0.492 e. The van der Waals surface area contributed by atoms with Crippen LogP contribution in [-0.4, -0.2) is 16.6 Å². The van der Waals surface area contributed by atoms with Crippen LogP contribution in [0.4, 0.5) is 5.82 Å².